The highest BCUT2D eigenvalue weighted by Gasteiger charge is 2.17. The first-order valence-corrected chi connectivity index (χ1v) is 11.6. The van der Waals surface area contributed by atoms with E-state index in [1.54, 1.807) is 11.3 Å². The third-order valence-corrected chi connectivity index (χ3v) is 6.67. The summed E-state index contributed by atoms with van der Waals surface area (Å²) in [6, 6.07) is 16.2. The Morgan fingerprint density at radius 3 is 2.66 bits per heavy atom. The number of hydrogen-bond acceptors (Lipinski definition) is 4. The minimum absolute atomic E-state index is 0.322. The molecule has 0 N–H and O–H groups in total. The Morgan fingerprint density at radius 1 is 1.10 bits per heavy atom. The van der Waals surface area contributed by atoms with Crippen LogP contribution in [0.15, 0.2) is 57.7 Å². The van der Waals surface area contributed by atoms with Crippen LogP contribution in [0.2, 0.25) is 0 Å². The fraction of sp³-hybridized carbons (Fsp3) is 0.217. The van der Waals surface area contributed by atoms with Crippen molar-refractivity contribution in [3.05, 3.63) is 69.5 Å². The van der Waals surface area contributed by atoms with Gasteiger partial charge in [0.2, 0.25) is 11.0 Å². The zero-order valence-corrected chi connectivity index (χ0v) is 18.8. The molecule has 4 rings (SSSR count). The molecule has 0 saturated carbocycles. The molecule has 0 unspecified atom stereocenters. The number of nitrogens with zero attached hydrogens (tertiary/aromatic N) is 2. The highest BCUT2D eigenvalue weighted by atomic mass is 79.9. The molecule has 4 nitrogen and oxygen atoms in total. The quantitative estimate of drug-likeness (QED) is 0.207. The predicted molar refractivity (Wildman–Crippen MR) is 126 cm³/mol. The van der Waals surface area contributed by atoms with E-state index >= 15 is 0 Å². The van der Waals surface area contributed by atoms with Crippen LogP contribution in [0.25, 0.3) is 33.3 Å². The fourth-order valence-electron chi connectivity index (χ4n) is 3.48. The van der Waals surface area contributed by atoms with Crippen LogP contribution in [0, 0.1) is 0 Å². The number of hydrogen-bond donors (Lipinski definition) is 0. The number of benzene rings is 2. The zero-order valence-electron chi connectivity index (χ0n) is 16.4. The zero-order chi connectivity index (χ0) is 20.4. The Kier molecular flexibility index (Phi) is 5.83. The van der Waals surface area contributed by atoms with E-state index in [9.17, 15) is 4.79 Å². The molecule has 0 radical (unpaired) electrons. The van der Waals surface area contributed by atoms with Gasteiger partial charge in [-0.2, -0.15) is 4.57 Å². The maximum absolute atomic E-state index is 12.6. The van der Waals surface area contributed by atoms with Crippen LogP contribution < -0.4 is 15.1 Å². The second-order valence-electron chi connectivity index (χ2n) is 6.67. The predicted octanol–water partition coefficient (Wildman–Crippen LogP) is 5.66. The van der Waals surface area contributed by atoms with E-state index in [1.165, 1.54) is 10.2 Å². The number of thiazole rings is 1. The lowest BCUT2D eigenvalue weighted by molar-refractivity contribution is -0.644. The molecule has 0 saturated heterocycles. The first-order valence-electron chi connectivity index (χ1n) is 9.63. The third-order valence-electron chi connectivity index (χ3n) is 5.04. The number of para-hydroxylation sites is 1. The first kappa shape index (κ1) is 19.9. The van der Waals surface area contributed by atoms with Crippen molar-refractivity contribution < 1.29 is 8.98 Å². The molecule has 6 heteroatoms. The second-order valence-corrected chi connectivity index (χ2v) is 8.24. The van der Waals surface area contributed by atoms with Crippen LogP contribution in [0.5, 0.6) is 0 Å². The summed E-state index contributed by atoms with van der Waals surface area (Å²) in [5.41, 5.74) is 3.77. The number of alkyl halides is 1. The van der Waals surface area contributed by atoms with Crippen LogP contribution in [0.3, 0.4) is 0 Å². The topological polar surface area (TPSA) is 37.3 Å². The molecule has 0 aliphatic carbocycles. The van der Waals surface area contributed by atoms with E-state index < -0.39 is 0 Å². The summed E-state index contributed by atoms with van der Waals surface area (Å²) in [4.78, 5) is 14.8. The van der Waals surface area contributed by atoms with Gasteiger partial charge in [0.15, 0.2) is 0 Å². The molecule has 2 aromatic heterocycles. The Morgan fingerprint density at radius 2 is 1.90 bits per heavy atom. The molecule has 2 aromatic carbocycles. The van der Waals surface area contributed by atoms with Crippen molar-refractivity contribution in [3.63, 3.8) is 0 Å². The molecule has 0 bridgehead atoms. The van der Waals surface area contributed by atoms with Crippen LogP contribution in [0.1, 0.15) is 24.4 Å². The highest BCUT2D eigenvalue weighted by molar-refractivity contribution is 9.08. The molecule has 0 aliphatic heterocycles. The van der Waals surface area contributed by atoms with Gasteiger partial charge in [0, 0.05) is 42.4 Å². The molecule has 4 aromatic rings. The summed E-state index contributed by atoms with van der Waals surface area (Å²) < 4.78 is 9.02. The van der Waals surface area contributed by atoms with E-state index in [0.29, 0.717) is 16.6 Å². The van der Waals surface area contributed by atoms with Gasteiger partial charge in [0.1, 0.15) is 10.3 Å². The van der Waals surface area contributed by atoms with E-state index in [0.717, 1.165) is 29.2 Å². The van der Waals surface area contributed by atoms with E-state index in [4.69, 9.17) is 4.42 Å². The molecule has 0 fully saturated rings. The average molecular weight is 470 g/mol. The van der Waals surface area contributed by atoms with Crippen molar-refractivity contribution >= 4 is 66.3 Å². The SMILES string of the molecule is CCN(CC)c1ccc2cc(/C=C/c3sc4ccccc4[n+]3CBr)c(=O)oc2c1. The maximum atomic E-state index is 12.6. The molecule has 148 valence electrons. The van der Waals surface area contributed by atoms with Crippen molar-refractivity contribution in [2.45, 2.75) is 19.3 Å². The standard InChI is InChI=1S/C23H22BrN2O2S/c1-3-25(4-2)18-11-9-16-13-17(23(27)28-20(16)14-18)10-12-22-26(15-24)19-7-5-6-8-21(19)29-22/h5-14H,3-4,15H2,1-2H3/q+1. The Hall–Kier alpha value is -2.44. The van der Waals surface area contributed by atoms with Crippen LogP contribution in [0.4, 0.5) is 5.69 Å². The lowest BCUT2D eigenvalue weighted by Crippen LogP contribution is -2.31. The van der Waals surface area contributed by atoms with Crippen molar-refractivity contribution in [2.24, 2.45) is 0 Å². The van der Waals surface area contributed by atoms with Gasteiger partial charge < -0.3 is 9.32 Å². The van der Waals surface area contributed by atoms with Gasteiger partial charge in [-0.15, -0.1) is 0 Å². The normalized spacial score (nSPS) is 11.7. The minimum atomic E-state index is -0.322. The summed E-state index contributed by atoms with van der Waals surface area (Å²) in [5, 5.41) is 1.99. The number of rotatable bonds is 6. The van der Waals surface area contributed by atoms with Crippen molar-refractivity contribution in [2.75, 3.05) is 18.0 Å². The van der Waals surface area contributed by atoms with E-state index in [2.05, 4.69) is 57.4 Å². The fourth-order valence-corrected chi connectivity index (χ4v) is 5.25. The molecular weight excluding hydrogens is 448 g/mol. The van der Waals surface area contributed by atoms with Gasteiger partial charge in [0.25, 0.3) is 5.01 Å². The summed E-state index contributed by atoms with van der Waals surface area (Å²) in [6.45, 7) is 6.06. The van der Waals surface area contributed by atoms with Gasteiger partial charge >= 0.3 is 5.63 Å². The van der Waals surface area contributed by atoms with Gasteiger partial charge in [-0.05, 0) is 60.1 Å². The van der Waals surface area contributed by atoms with Crippen molar-refractivity contribution in [3.8, 4) is 0 Å². The highest BCUT2D eigenvalue weighted by Crippen LogP contribution is 2.24. The number of anilines is 1. The molecule has 0 aliphatic rings. The van der Waals surface area contributed by atoms with Crippen LogP contribution in [-0.2, 0) is 5.45 Å². The van der Waals surface area contributed by atoms with Crippen LogP contribution in [-0.4, -0.2) is 13.1 Å². The first-order chi connectivity index (χ1) is 14.1. The molecule has 0 atom stereocenters. The lowest BCUT2D eigenvalue weighted by atomic mass is 10.1. The molecule has 0 amide bonds. The number of fused-ring (bicyclic) bond motifs is 2. The molecule has 0 spiro atoms. The smallest absolute Gasteiger partial charge is 0.343 e. The van der Waals surface area contributed by atoms with Crippen molar-refractivity contribution in [1.29, 1.82) is 0 Å². The Balaban J connectivity index is 1.72. The maximum Gasteiger partial charge on any atom is 0.343 e. The summed E-state index contributed by atoms with van der Waals surface area (Å²) in [6.07, 6.45) is 3.82. The Bertz CT molecular complexity index is 1250. The van der Waals surface area contributed by atoms with Gasteiger partial charge in [-0.1, -0.05) is 23.5 Å². The van der Waals surface area contributed by atoms with E-state index in [-0.39, 0.29) is 5.63 Å². The van der Waals surface area contributed by atoms with Gasteiger partial charge in [0.05, 0.1) is 5.56 Å². The number of aromatic nitrogens is 1. The Labute approximate surface area is 181 Å². The summed E-state index contributed by atoms with van der Waals surface area (Å²) in [7, 11) is 0. The van der Waals surface area contributed by atoms with Gasteiger partial charge in [-0.25, -0.2) is 4.79 Å². The monoisotopic (exact) mass is 469 g/mol. The minimum Gasteiger partial charge on any atom is -0.422 e. The molecule has 2 heterocycles. The largest absolute Gasteiger partial charge is 0.422 e. The van der Waals surface area contributed by atoms with E-state index in [1.807, 2.05) is 42.5 Å². The molecule has 29 heavy (non-hydrogen) atoms. The van der Waals surface area contributed by atoms with Gasteiger partial charge in [-0.3, -0.25) is 0 Å². The average Bonchev–Trinajstić information content (AvgIpc) is 3.10. The third kappa shape index (κ3) is 3.87. The second kappa shape index (κ2) is 8.51. The van der Waals surface area contributed by atoms with Crippen molar-refractivity contribution in [1.82, 2.24) is 0 Å². The lowest BCUT2D eigenvalue weighted by Gasteiger charge is -2.20. The summed E-state index contributed by atoms with van der Waals surface area (Å²) >= 11 is 5.26. The summed E-state index contributed by atoms with van der Waals surface area (Å²) in [5.74, 6) is 0. The number of halogens is 1. The molecular formula is C23H22BrN2O2S+. The van der Waals surface area contributed by atoms with Crippen LogP contribution >= 0.6 is 27.3 Å².